The lowest BCUT2D eigenvalue weighted by Gasteiger charge is -1.93. The highest BCUT2D eigenvalue weighted by Gasteiger charge is 2.00. The van der Waals surface area contributed by atoms with Crippen molar-refractivity contribution >= 4 is 17.7 Å². The summed E-state index contributed by atoms with van der Waals surface area (Å²) in [5, 5.41) is 0. The molecule has 64 valence electrons. The first kappa shape index (κ1) is 9.13. The maximum atomic E-state index is 12.5. The molecule has 4 heteroatoms. The smallest absolute Gasteiger partial charge is 0.225 e. The van der Waals surface area contributed by atoms with Gasteiger partial charge >= 0.3 is 0 Å². The molecule has 1 heterocycles. The minimum Gasteiger partial charge on any atom is -0.225 e. The molecule has 0 saturated heterocycles. The van der Waals surface area contributed by atoms with Gasteiger partial charge in [0.25, 0.3) is 0 Å². The van der Waals surface area contributed by atoms with E-state index < -0.39 is 11.8 Å². The van der Waals surface area contributed by atoms with Crippen molar-refractivity contribution in [3.63, 3.8) is 0 Å². The number of halogens is 3. The Hall–Kier alpha value is -0.960. The van der Waals surface area contributed by atoms with Crippen LogP contribution in [0.25, 0.3) is 6.08 Å². The zero-order valence-corrected chi connectivity index (χ0v) is 6.85. The quantitative estimate of drug-likeness (QED) is 0.515. The summed E-state index contributed by atoms with van der Waals surface area (Å²) in [6, 6.07) is 1.06. The van der Waals surface area contributed by atoms with Crippen molar-refractivity contribution in [3.05, 3.63) is 35.7 Å². The Kier molecular flexibility index (Phi) is 3.17. The molecule has 0 unspecified atom stereocenters. The van der Waals surface area contributed by atoms with Crippen molar-refractivity contribution < 1.29 is 8.78 Å². The van der Waals surface area contributed by atoms with E-state index >= 15 is 0 Å². The Bertz CT molecular complexity index is 299. The van der Waals surface area contributed by atoms with Crippen LogP contribution in [0.5, 0.6) is 0 Å². The molecule has 0 saturated carbocycles. The molecule has 12 heavy (non-hydrogen) atoms. The van der Waals surface area contributed by atoms with E-state index in [0.29, 0.717) is 11.4 Å². The van der Waals surface area contributed by atoms with E-state index in [4.69, 9.17) is 11.6 Å². The first-order valence-corrected chi connectivity index (χ1v) is 3.81. The second-order valence-corrected chi connectivity index (χ2v) is 2.41. The van der Waals surface area contributed by atoms with Crippen molar-refractivity contribution in [1.29, 1.82) is 0 Å². The van der Waals surface area contributed by atoms with Gasteiger partial charge in [-0.25, -0.2) is 9.37 Å². The van der Waals surface area contributed by atoms with E-state index in [9.17, 15) is 8.78 Å². The second-order valence-electron chi connectivity index (χ2n) is 2.10. The molecule has 0 aliphatic carbocycles. The molecule has 1 rings (SSSR count). The first-order chi connectivity index (χ1) is 5.74. The fourth-order valence-electron chi connectivity index (χ4n) is 0.708. The lowest BCUT2D eigenvalue weighted by Crippen LogP contribution is -1.89. The first-order valence-electron chi connectivity index (χ1n) is 3.27. The van der Waals surface area contributed by atoms with Crippen molar-refractivity contribution in [3.8, 4) is 0 Å². The van der Waals surface area contributed by atoms with E-state index in [1.165, 1.54) is 6.20 Å². The standard InChI is InChI=1S/C8H6ClF2N/c9-3-1-2-6-4-7(10)8(11)12-5-6/h1-2,4-5H,3H2. The molecule has 0 N–H and O–H groups in total. The number of hydrogen-bond donors (Lipinski definition) is 0. The number of rotatable bonds is 2. The van der Waals surface area contributed by atoms with Crippen molar-refractivity contribution in [2.45, 2.75) is 0 Å². The van der Waals surface area contributed by atoms with Crippen LogP contribution in [0.1, 0.15) is 5.56 Å². The summed E-state index contributed by atoms with van der Waals surface area (Å²) in [5.74, 6) is -1.70. The molecule has 0 radical (unpaired) electrons. The Morgan fingerprint density at radius 2 is 2.25 bits per heavy atom. The van der Waals surface area contributed by atoms with Crippen LogP contribution in [0.2, 0.25) is 0 Å². The highest BCUT2D eigenvalue weighted by molar-refractivity contribution is 6.19. The largest absolute Gasteiger partial charge is 0.248 e. The average molecular weight is 190 g/mol. The lowest BCUT2D eigenvalue weighted by atomic mass is 10.2. The molecule has 0 bridgehead atoms. The summed E-state index contributed by atoms with van der Waals surface area (Å²) >= 11 is 5.35. The van der Waals surface area contributed by atoms with E-state index in [0.717, 1.165) is 6.07 Å². The summed E-state index contributed by atoms with van der Waals surface area (Å²) in [6.07, 6.45) is 4.43. The number of aromatic nitrogens is 1. The zero-order valence-electron chi connectivity index (χ0n) is 6.10. The van der Waals surface area contributed by atoms with Crippen LogP contribution in [0, 0.1) is 11.8 Å². The minimum absolute atomic E-state index is 0.332. The Morgan fingerprint density at radius 1 is 1.50 bits per heavy atom. The van der Waals surface area contributed by atoms with Gasteiger partial charge in [0.1, 0.15) is 0 Å². The molecule has 0 aromatic carbocycles. The van der Waals surface area contributed by atoms with Gasteiger partial charge in [-0.05, 0) is 11.6 Å². The number of pyridine rings is 1. The molecule has 1 nitrogen and oxygen atoms in total. The third-order valence-corrected chi connectivity index (χ3v) is 1.39. The predicted molar refractivity (Wildman–Crippen MR) is 43.9 cm³/mol. The van der Waals surface area contributed by atoms with Crippen LogP contribution in [-0.2, 0) is 0 Å². The van der Waals surface area contributed by atoms with Crippen molar-refractivity contribution in [2.24, 2.45) is 0 Å². The second kappa shape index (κ2) is 4.16. The summed E-state index contributed by atoms with van der Waals surface area (Å²) < 4.78 is 24.8. The van der Waals surface area contributed by atoms with Crippen LogP contribution in [0.4, 0.5) is 8.78 Å². The summed E-state index contributed by atoms with van der Waals surface area (Å²) in [6.45, 7) is 0. The fourth-order valence-corrected chi connectivity index (χ4v) is 0.797. The van der Waals surface area contributed by atoms with Gasteiger partial charge in [0.15, 0.2) is 5.82 Å². The van der Waals surface area contributed by atoms with E-state index in [2.05, 4.69) is 4.98 Å². The van der Waals surface area contributed by atoms with Gasteiger partial charge in [0.05, 0.1) is 0 Å². The number of alkyl halides is 1. The summed E-state index contributed by atoms with van der Waals surface area (Å²) in [4.78, 5) is 3.20. The molecular weight excluding hydrogens is 184 g/mol. The number of allylic oxidation sites excluding steroid dienone is 1. The SMILES string of the molecule is Fc1cc(C=CCCl)cnc1F. The minimum atomic E-state index is -1.09. The van der Waals surface area contributed by atoms with E-state index in [-0.39, 0.29) is 0 Å². The van der Waals surface area contributed by atoms with Gasteiger partial charge in [-0.15, -0.1) is 11.6 Å². The van der Waals surface area contributed by atoms with Gasteiger partial charge < -0.3 is 0 Å². The molecular formula is C8H6ClF2N. The van der Waals surface area contributed by atoms with Crippen LogP contribution in [0.3, 0.4) is 0 Å². The molecule has 0 amide bonds. The molecule has 1 aromatic heterocycles. The summed E-state index contributed by atoms with van der Waals surface area (Å²) in [5.41, 5.74) is 0.495. The average Bonchev–Trinajstić information content (AvgIpc) is 2.07. The monoisotopic (exact) mass is 189 g/mol. The normalized spacial score (nSPS) is 10.9. The fraction of sp³-hybridized carbons (Fsp3) is 0.125. The zero-order chi connectivity index (χ0) is 8.97. The Labute approximate surface area is 73.7 Å². The van der Waals surface area contributed by atoms with Gasteiger partial charge in [-0.2, -0.15) is 4.39 Å². The van der Waals surface area contributed by atoms with Crippen molar-refractivity contribution in [2.75, 3.05) is 5.88 Å². The van der Waals surface area contributed by atoms with E-state index in [1.54, 1.807) is 12.2 Å². The number of hydrogen-bond acceptors (Lipinski definition) is 1. The maximum absolute atomic E-state index is 12.5. The molecule has 0 aliphatic rings. The molecule has 0 fully saturated rings. The highest BCUT2D eigenvalue weighted by Crippen LogP contribution is 2.06. The Morgan fingerprint density at radius 3 is 2.83 bits per heavy atom. The molecule has 1 aromatic rings. The molecule has 0 aliphatic heterocycles. The predicted octanol–water partition coefficient (Wildman–Crippen LogP) is 2.61. The van der Waals surface area contributed by atoms with E-state index in [1.807, 2.05) is 0 Å². The summed E-state index contributed by atoms with van der Waals surface area (Å²) in [7, 11) is 0. The van der Waals surface area contributed by atoms with Gasteiger partial charge in [0, 0.05) is 12.1 Å². The third-order valence-electron chi connectivity index (χ3n) is 1.22. The lowest BCUT2D eigenvalue weighted by molar-refractivity contribution is 0.479. The van der Waals surface area contributed by atoms with Gasteiger partial charge in [-0.3, -0.25) is 0 Å². The van der Waals surface area contributed by atoms with Crippen LogP contribution in [0.15, 0.2) is 18.3 Å². The van der Waals surface area contributed by atoms with Crippen molar-refractivity contribution in [1.82, 2.24) is 4.98 Å². The number of nitrogens with zero attached hydrogens (tertiary/aromatic N) is 1. The van der Waals surface area contributed by atoms with Gasteiger partial charge in [-0.1, -0.05) is 12.2 Å². The Balaban J connectivity index is 2.89. The topological polar surface area (TPSA) is 12.9 Å². The third kappa shape index (κ3) is 2.27. The van der Waals surface area contributed by atoms with Crippen LogP contribution >= 0.6 is 11.6 Å². The van der Waals surface area contributed by atoms with Gasteiger partial charge in [0.2, 0.25) is 5.95 Å². The molecule has 0 spiro atoms. The van der Waals surface area contributed by atoms with Crippen LogP contribution in [-0.4, -0.2) is 10.9 Å². The highest BCUT2D eigenvalue weighted by atomic mass is 35.5. The molecule has 0 atom stereocenters. The maximum Gasteiger partial charge on any atom is 0.248 e. The van der Waals surface area contributed by atoms with Crippen LogP contribution < -0.4 is 0 Å².